The number of nitrogens with zero attached hydrogens (tertiary/aromatic N) is 1. The van der Waals surface area contributed by atoms with Crippen molar-refractivity contribution < 1.29 is 29.0 Å². The molecule has 2 N–H and O–H groups in total. The van der Waals surface area contributed by atoms with E-state index in [1.165, 1.54) is 18.2 Å². The van der Waals surface area contributed by atoms with Gasteiger partial charge in [-0.3, -0.25) is 14.9 Å². The van der Waals surface area contributed by atoms with Gasteiger partial charge in [0.25, 0.3) is 11.8 Å². The molecule has 0 aliphatic carbocycles. The number of ether oxygens (including phenoxy) is 1. The second-order valence-corrected chi connectivity index (χ2v) is 8.63. The second kappa shape index (κ2) is 9.94. The Morgan fingerprint density at radius 3 is 2.46 bits per heavy atom. The van der Waals surface area contributed by atoms with Crippen molar-refractivity contribution >= 4 is 51.5 Å². The fraction of sp³-hybridized carbons (Fsp3) is 0.0769. The summed E-state index contributed by atoms with van der Waals surface area (Å²) in [6.45, 7) is 1.90. The number of para-hydroxylation sites is 1. The van der Waals surface area contributed by atoms with Crippen LogP contribution in [0.1, 0.15) is 27.0 Å². The minimum atomic E-state index is -1.02. The highest BCUT2D eigenvalue weighted by Gasteiger charge is 2.37. The highest BCUT2D eigenvalue weighted by molar-refractivity contribution is 9.10. The van der Waals surface area contributed by atoms with Crippen LogP contribution >= 0.6 is 15.9 Å². The van der Waals surface area contributed by atoms with Crippen molar-refractivity contribution in [2.75, 3.05) is 4.90 Å². The standard InChI is InChI=1S/C26H19BrN2O6/c1-15-12-19(27)10-11-21(15)29-24(31)20(23(30)28-26(29)34)13-18-4-2-3-5-22(18)35-14-16-6-8-17(9-7-16)25(32)33/h2-13H,14H2,1H3,(H,32,33)(H,28,30,34)/b20-13+. The van der Waals surface area contributed by atoms with E-state index in [4.69, 9.17) is 9.84 Å². The molecule has 3 aromatic carbocycles. The number of nitrogens with one attached hydrogen (secondary N) is 1. The van der Waals surface area contributed by atoms with Crippen molar-refractivity contribution in [3.05, 3.63) is 99.0 Å². The van der Waals surface area contributed by atoms with E-state index in [2.05, 4.69) is 21.2 Å². The van der Waals surface area contributed by atoms with Crippen LogP contribution in [0.2, 0.25) is 0 Å². The molecule has 1 fully saturated rings. The monoisotopic (exact) mass is 534 g/mol. The Balaban J connectivity index is 1.62. The molecule has 0 spiro atoms. The van der Waals surface area contributed by atoms with Gasteiger partial charge < -0.3 is 9.84 Å². The second-order valence-electron chi connectivity index (χ2n) is 7.72. The minimum absolute atomic E-state index is 0.142. The number of aryl methyl sites for hydroxylation is 1. The molecule has 0 bridgehead atoms. The van der Waals surface area contributed by atoms with Gasteiger partial charge in [-0.05, 0) is 60.5 Å². The van der Waals surface area contributed by atoms with Crippen LogP contribution < -0.4 is 15.0 Å². The number of benzene rings is 3. The average molecular weight is 535 g/mol. The van der Waals surface area contributed by atoms with Crippen LogP contribution in [-0.4, -0.2) is 28.9 Å². The van der Waals surface area contributed by atoms with Crippen molar-refractivity contribution in [2.45, 2.75) is 13.5 Å². The first kappa shape index (κ1) is 23.9. The molecular formula is C26H19BrN2O6. The molecule has 1 saturated heterocycles. The first-order valence-electron chi connectivity index (χ1n) is 10.5. The first-order valence-corrected chi connectivity index (χ1v) is 11.3. The van der Waals surface area contributed by atoms with Crippen molar-refractivity contribution in [1.29, 1.82) is 0 Å². The molecule has 4 amide bonds. The van der Waals surface area contributed by atoms with Gasteiger partial charge in [-0.2, -0.15) is 0 Å². The van der Waals surface area contributed by atoms with Gasteiger partial charge in [-0.1, -0.05) is 46.3 Å². The van der Waals surface area contributed by atoms with Crippen molar-refractivity contribution in [3.8, 4) is 5.75 Å². The largest absolute Gasteiger partial charge is 0.488 e. The normalized spacial score (nSPS) is 14.7. The Hall–Kier alpha value is -4.24. The molecule has 0 saturated carbocycles. The van der Waals surface area contributed by atoms with E-state index in [0.717, 1.165) is 14.9 Å². The van der Waals surface area contributed by atoms with Gasteiger partial charge >= 0.3 is 12.0 Å². The van der Waals surface area contributed by atoms with Crippen LogP contribution in [0, 0.1) is 6.92 Å². The van der Waals surface area contributed by atoms with E-state index >= 15 is 0 Å². The molecule has 35 heavy (non-hydrogen) atoms. The third kappa shape index (κ3) is 5.15. The van der Waals surface area contributed by atoms with E-state index in [1.807, 2.05) is 0 Å². The Morgan fingerprint density at radius 1 is 1.06 bits per heavy atom. The Labute approximate surface area is 209 Å². The molecule has 8 nitrogen and oxygen atoms in total. The minimum Gasteiger partial charge on any atom is -0.488 e. The van der Waals surface area contributed by atoms with Crippen LogP contribution in [0.4, 0.5) is 10.5 Å². The maximum atomic E-state index is 13.2. The number of rotatable bonds is 6. The van der Waals surface area contributed by atoms with Gasteiger partial charge in [-0.15, -0.1) is 0 Å². The summed E-state index contributed by atoms with van der Waals surface area (Å²) >= 11 is 3.36. The Kier molecular flexibility index (Phi) is 6.79. The van der Waals surface area contributed by atoms with Gasteiger partial charge in [0.05, 0.1) is 11.3 Å². The zero-order valence-corrected chi connectivity index (χ0v) is 20.0. The Bertz CT molecular complexity index is 1380. The SMILES string of the molecule is Cc1cc(Br)ccc1N1C(=O)NC(=O)/C(=C\c2ccccc2OCc2ccc(C(=O)O)cc2)C1=O. The topological polar surface area (TPSA) is 113 Å². The lowest BCUT2D eigenvalue weighted by Crippen LogP contribution is -2.54. The lowest BCUT2D eigenvalue weighted by Gasteiger charge is -2.27. The van der Waals surface area contributed by atoms with Crippen LogP contribution in [-0.2, 0) is 16.2 Å². The molecule has 0 aromatic heterocycles. The maximum absolute atomic E-state index is 13.2. The number of carbonyl (C=O) groups is 4. The number of amides is 4. The van der Waals surface area contributed by atoms with Gasteiger partial charge in [-0.25, -0.2) is 14.5 Å². The van der Waals surface area contributed by atoms with E-state index in [-0.39, 0.29) is 17.7 Å². The molecular weight excluding hydrogens is 516 g/mol. The van der Waals surface area contributed by atoms with Crippen LogP contribution in [0.15, 0.2) is 76.8 Å². The zero-order valence-electron chi connectivity index (χ0n) is 18.4. The summed E-state index contributed by atoms with van der Waals surface area (Å²) in [5.74, 6) is -2.16. The summed E-state index contributed by atoms with van der Waals surface area (Å²) in [5.41, 5.74) is 2.20. The van der Waals surface area contributed by atoms with Crippen molar-refractivity contribution in [1.82, 2.24) is 5.32 Å². The van der Waals surface area contributed by atoms with Crippen LogP contribution in [0.5, 0.6) is 5.75 Å². The molecule has 4 rings (SSSR count). The molecule has 0 atom stereocenters. The zero-order chi connectivity index (χ0) is 25.1. The number of imide groups is 2. The van der Waals surface area contributed by atoms with Gasteiger partial charge in [0.15, 0.2) is 0 Å². The molecule has 0 radical (unpaired) electrons. The van der Waals surface area contributed by atoms with Crippen molar-refractivity contribution in [3.63, 3.8) is 0 Å². The van der Waals surface area contributed by atoms with E-state index in [9.17, 15) is 19.2 Å². The molecule has 3 aromatic rings. The fourth-order valence-electron chi connectivity index (χ4n) is 3.54. The van der Waals surface area contributed by atoms with Gasteiger partial charge in [0, 0.05) is 10.0 Å². The molecule has 1 aliphatic rings. The number of aromatic carboxylic acids is 1. The summed E-state index contributed by atoms with van der Waals surface area (Å²) in [4.78, 5) is 50.3. The molecule has 176 valence electrons. The third-order valence-electron chi connectivity index (χ3n) is 5.32. The molecule has 1 heterocycles. The summed E-state index contributed by atoms with van der Waals surface area (Å²) < 4.78 is 6.67. The van der Waals surface area contributed by atoms with Crippen LogP contribution in [0.25, 0.3) is 6.08 Å². The van der Waals surface area contributed by atoms with Crippen LogP contribution in [0.3, 0.4) is 0 Å². The smallest absolute Gasteiger partial charge is 0.335 e. The average Bonchev–Trinajstić information content (AvgIpc) is 2.82. The van der Waals surface area contributed by atoms with Gasteiger partial charge in [0.1, 0.15) is 17.9 Å². The number of hydrogen-bond acceptors (Lipinski definition) is 5. The summed E-state index contributed by atoms with van der Waals surface area (Å²) in [7, 11) is 0. The third-order valence-corrected chi connectivity index (χ3v) is 5.81. The fourth-order valence-corrected chi connectivity index (χ4v) is 4.01. The highest BCUT2D eigenvalue weighted by Crippen LogP contribution is 2.29. The number of carboxylic acids is 1. The predicted molar refractivity (Wildman–Crippen MR) is 132 cm³/mol. The number of carboxylic acid groups (broad SMARTS) is 1. The lowest BCUT2D eigenvalue weighted by atomic mass is 10.0. The predicted octanol–water partition coefficient (Wildman–Crippen LogP) is 4.70. The molecule has 0 unspecified atom stereocenters. The number of urea groups is 1. The maximum Gasteiger partial charge on any atom is 0.335 e. The quantitative estimate of drug-likeness (QED) is 0.350. The van der Waals surface area contributed by atoms with E-state index in [0.29, 0.717) is 22.6 Å². The number of barbiturate groups is 1. The van der Waals surface area contributed by atoms with E-state index < -0.39 is 23.8 Å². The van der Waals surface area contributed by atoms with E-state index in [1.54, 1.807) is 61.5 Å². The Morgan fingerprint density at radius 2 is 1.77 bits per heavy atom. The summed E-state index contributed by atoms with van der Waals surface area (Å²) in [6.07, 6.45) is 1.38. The highest BCUT2D eigenvalue weighted by atomic mass is 79.9. The lowest BCUT2D eigenvalue weighted by molar-refractivity contribution is -0.122. The molecule has 1 aliphatic heterocycles. The van der Waals surface area contributed by atoms with Gasteiger partial charge in [0.2, 0.25) is 0 Å². The number of halogens is 1. The summed E-state index contributed by atoms with van der Waals surface area (Å²) in [6, 6.07) is 17.4. The first-order chi connectivity index (χ1) is 16.7. The number of carbonyl (C=O) groups excluding carboxylic acids is 3. The number of anilines is 1. The molecule has 9 heteroatoms. The summed E-state index contributed by atoms with van der Waals surface area (Å²) in [5, 5.41) is 11.2. The van der Waals surface area contributed by atoms with Crippen molar-refractivity contribution in [2.24, 2.45) is 0 Å². The number of hydrogen-bond donors (Lipinski definition) is 2.